The van der Waals surface area contributed by atoms with Crippen molar-refractivity contribution in [1.29, 1.82) is 0 Å². The highest BCUT2D eigenvalue weighted by Gasteiger charge is 2.24. The first-order valence-electron chi connectivity index (χ1n) is 7.44. The quantitative estimate of drug-likeness (QED) is 0.776. The van der Waals surface area contributed by atoms with Crippen molar-refractivity contribution in [2.45, 2.75) is 6.54 Å². The number of carbonyl (C=O) groups excluding carboxylic acids is 1. The van der Waals surface area contributed by atoms with E-state index in [4.69, 9.17) is 0 Å². The van der Waals surface area contributed by atoms with Gasteiger partial charge in [-0.15, -0.1) is 0 Å². The van der Waals surface area contributed by atoms with E-state index in [0.717, 1.165) is 22.8 Å². The summed E-state index contributed by atoms with van der Waals surface area (Å²) in [6.07, 6.45) is 3.36. The van der Waals surface area contributed by atoms with Gasteiger partial charge in [0.15, 0.2) is 0 Å². The van der Waals surface area contributed by atoms with Crippen LogP contribution in [-0.2, 0) is 6.54 Å². The minimum absolute atomic E-state index is 0.195. The molecule has 1 aromatic heterocycles. The van der Waals surface area contributed by atoms with Gasteiger partial charge in [0, 0.05) is 41.7 Å². The standard InChI is InChI=1S/C19H12F2N2O/c20-13-3-4-14(18(21)8-13)12-6-15(11-2-1-5-22-9-11)17-10-23-19(24)16(17)7-12/h1-9H,10H2,(H,23,24). The first kappa shape index (κ1) is 14.5. The normalized spacial score (nSPS) is 12.8. The van der Waals surface area contributed by atoms with Crippen LogP contribution in [0.4, 0.5) is 8.78 Å². The fourth-order valence-electron chi connectivity index (χ4n) is 2.99. The van der Waals surface area contributed by atoms with Crippen LogP contribution in [0.25, 0.3) is 22.3 Å². The van der Waals surface area contributed by atoms with Gasteiger partial charge in [-0.05, 0) is 47.0 Å². The number of fused-ring (bicyclic) bond motifs is 1. The van der Waals surface area contributed by atoms with Crippen molar-refractivity contribution in [3.63, 3.8) is 0 Å². The Kier molecular flexibility index (Phi) is 3.34. The summed E-state index contributed by atoms with van der Waals surface area (Å²) >= 11 is 0. The summed E-state index contributed by atoms with van der Waals surface area (Å²) in [4.78, 5) is 16.2. The van der Waals surface area contributed by atoms with Crippen molar-refractivity contribution in [3.05, 3.63) is 77.6 Å². The van der Waals surface area contributed by atoms with E-state index in [1.807, 2.05) is 12.1 Å². The van der Waals surface area contributed by atoms with E-state index < -0.39 is 11.6 Å². The number of nitrogens with zero attached hydrogens (tertiary/aromatic N) is 1. The predicted molar refractivity (Wildman–Crippen MR) is 86.2 cm³/mol. The zero-order valence-corrected chi connectivity index (χ0v) is 12.5. The van der Waals surface area contributed by atoms with Crippen molar-refractivity contribution in [3.8, 4) is 22.3 Å². The third kappa shape index (κ3) is 2.34. The Labute approximate surface area is 137 Å². The van der Waals surface area contributed by atoms with E-state index in [0.29, 0.717) is 17.7 Å². The van der Waals surface area contributed by atoms with Crippen LogP contribution < -0.4 is 5.32 Å². The summed E-state index contributed by atoms with van der Waals surface area (Å²) in [5.41, 5.74) is 3.81. The average molecular weight is 322 g/mol. The molecule has 3 nitrogen and oxygen atoms in total. The summed E-state index contributed by atoms with van der Waals surface area (Å²) in [7, 11) is 0. The molecule has 1 amide bonds. The molecule has 0 saturated carbocycles. The Bertz CT molecular complexity index is 955. The van der Waals surface area contributed by atoms with Gasteiger partial charge in [0.2, 0.25) is 0 Å². The van der Waals surface area contributed by atoms with Gasteiger partial charge in [-0.2, -0.15) is 0 Å². The monoisotopic (exact) mass is 322 g/mol. The molecule has 0 spiro atoms. The first-order chi connectivity index (χ1) is 11.6. The molecule has 1 N–H and O–H groups in total. The van der Waals surface area contributed by atoms with Gasteiger partial charge in [-0.1, -0.05) is 6.07 Å². The highest BCUT2D eigenvalue weighted by atomic mass is 19.1. The molecule has 3 aromatic rings. The molecule has 1 aliphatic heterocycles. The maximum atomic E-state index is 14.2. The average Bonchev–Trinajstić information content (AvgIpc) is 2.96. The fourth-order valence-corrected chi connectivity index (χ4v) is 2.99. The summed E-state index contributed by atoms with van der Waals surface area (Å²) in [6, 6.07) is 10.6. The number of hydrogen-bond donors (Lipinski definition) is 1. The van der Waals surface area contributed by atoms with Gasteiger partial charge in [0.25, 0.3) is 5.91 Å². The molecule has 4 rings (SSSR count). The minimum atomic E-state index is -0.662. The maximum Gasteiger partial charge on any atom is 0.251 e. The maximum absolute atomic E-state index is 14.2. The van der Waals surface area contributed by atoms with Gasteiger partial charge < -0.3 is 5.32 Å². The number of rotatable bonds is 2. The number of hydrogen-bond acceptors (Lipinski definition) is 2. The molecule has 1 aliphatic rings. The largest absolute Gasteiger partial charge is 0.348 e. The number of amides is 1. The molecule has 2 heterocycles. The van der Waals surface area contributed by atoms with Crippen LogP contribution in [0, 0.1) is 11.6 Å². The van der Waals surface area contributed by atoms with E-state index in [2.05, 4.69) is 10.3 Å². The Morgan fingerprint density at radius 1 is 0.958 bits per heavy atom. The lowest BCUT2D eigenvalue weighted by atomic mass is 9.92. The van der Waals surface area contributed by atoms with Gasteiger partial charge in [-0.3, -0.25) is 9.78 Å². The third-order valence-electron chi connectivity index (χ3n) is 4.13. The Morgan fingerprint density at radius 2 is 1.79 bits per heavy atom. The molecule has 0 bridgehead atoms. The highest BCUT2D eigenvalue weighted by molar-refractivity contribution is 6.02. The van der Waals surface area contributed by atoms with Crippen molar-refractivity contribution in [1.82, 2.24) is 10.3 Å². The first-order valence-corrected chi connectivity index (χ1v) is 7.44. The van der Waals surface area contributed by atoms with Gasteiger partial charge in [-0.25, -0.2) is 8.78 Å². The number of nitrogens with one attached hydrogen (secondary N) is 1. The predicted octanol–water partition coefficient (Wildman–Crippen LogP) is 3.94. The molecule has 0 fully saturated rings. The number of benzene rings is 2. The van der Waals surface area contributed by atoms with Crippen LogP contribution in [0.5, 0.6) is 0 Å². The Balaban J connectivity index is 1.97. The molecule has 5 heteroatoms. The Hall–Kier alpha value is -3.08. The lowest BCUT2D eigenvalue weighted by Crippen LogP contribution is -2.12. The molecule has 118 valence electrons. The van der Waals surface area contributed by atoms with Crippen LogP contribution in [-0.4, -0.2) is 10.9 Å². The number of carbonyl (C=O) groups is 1. The van der Waals surface area contributed by atoms with Gasteiger partial charge >= 0.3 is 0 Å². The lowest BCUT2D eigenvalue weighted by molar-refractivity contribution is 0.0966. The van der Waals surface area contributed by atoms with Gasteiger partial charge in [0.1, 0.15) is 11.6 Å². The van der Waals surface area contributed by atoms with E-state index in [1.165, 1.54) is 12.1 Å². The Morgan fingerprint density at radius 3 is 2.54 bits per heavy atom. The summed E-state index contributed by atoms with van der Waals surface area (Å²) in [6.45, 7) is 0.421. The molecule has 0 unspecified atom stereocenters. The highest BCUT2D eigenvalue weighted by Crippen LogP contribution is 2.35. The second kappa shape index (κ2) is 5.53. The molecular weight excluding hydrogens is 310 g/mol. The van der Waals surface area contributed by atoms with Crippen LogP contribution in [0.2, 0.25) is 0 Å². The lowest BCUT2D eigenvalue weighted by Gasteiger charge is -2.11. The molecule has 0 aliphatic carbocycles. The third-order valence-corrected chi connectivity index (χ3v) is 4.13. The van der Waals surface area contributed by atoms with Crippen LogP contribution >= 0.6 is 0 Å². The van der Waals surface area contributed by atoms with E-state index in [1.54, 1.807) is 24.5 Å². The van der Waals surface area contributed by atoms with Crippen molar-refractivity contribution in [2.75, 3.05) is 0 Å². The van der Waals surface area contributed by atoms with E-state index in [-0.39, 0.29) is 11.5 Å². The number of aromatic nitrogens is 1. The second-order valence-corrected chi connectivity index (χ2v) is 5.60. The smallest absolute Gasteiger partial charge is 0.251 e. The molecule has 2 aromatic carbocycles. The zero-order chi connectivity index (χ0) is 16.7. The summed E-state index contributed by atoms with van der Waals surface area (Å²) < 4.78 is 27.3. The van der Waals surface area contributed by atoms with E-state index in [9.17, 15) is 13.6 Å². The van der Waals surface area contributed by atoms with Crippen molar-refractivity contribution in [2.24, 2.45) is 0 Å². The second-order valence-electron chi connectivity index (χ2n) is 5.60. The minimum Gasteiger partial charge on any atom is -0.348 e. The summed E-state index contributed by atoms with van der Waals surface area (Å²) in [5, 5.41) is 2.78. The molecule has 0 atom stereocenters. The molecule has 0 radical (unpaired) electrons. The van der Waals surface area contributed by atoms with Crippen LogP contribution in [0.1, 0.15) is 15.9 Å². The topological polar surface area (TPSA) is 42.0 Å². The van der Waals surface area contributed by atoms with E-state index >= 15 is 0 Å². The summed E-state index contributed by atoms with van der Waals surface area (Å²) in [5.74, 6) is -1.49. The van der Waals surface area contributed by atoms with Crippen molar-refractivity contribution < 1.29 is 13.6 Å². The van der Waals surface area contributed by atoms with Crippen molar-refractivity contribution >= 4 is 5.91 Å². The number of pyridine rings is 1. The van der Waals surface area contributed by atoms with Gasteiger partial charge in [0.05, 0.1) is 0 Å². The molecule has 0 saturated heterocycles. The number of halogens is 2. The van der Waals surface area contributed by atoms with Crippen LogP contribution in [0.15, 0.2) is 54.9 Å². The molecular formula is C19H12F2N2O. The SMILES string of the molecule is O=C1NCc2c1cc(-c1ccc(F)cc1F)cc2-c1cccnc1. The fraction of sp³-hybridized carbons (Fsp3) is 0.0526. The van der Waals surface area contributed by atoms with Crippen LogP contribution in [0.3, 0.4) is 0 Å². The zero-order valence-electron chi connectivity index (χ0n) is 12.5. The molecule has 24 heavy (non-hydrogen) atoms.